The highest BCUT2D eigenvalue weighted by Gasteiger charge is 2.27. The Morgan fingerprint density at radius 3 is 1.86 bits per heavy atom. The molecule has 0 N–H and O–H groups in total. The Morgan fingerprint density at radius 1 is 0.818 bits per heavy atom. The molecule has 0 bridgehead atoms. The lowest BCUT2D eigenvalue weighted by Gasteiger charge is -2.31. The zero-order chi connectivity index (χ0) is 16.7. The van der Waals surface area contributed by atoms with Crippen molar-refractivity contribution in [1.29, 1.82) is 0 Å². The molecule has 1 nitrogen and oxygen atoms in total. The number of rotatable bonds is 1. The van der Waals surface area contributed by atoms with Crippen LogP contribution in [0.1, 0.15) is 58.2 Å². The van der Waals surface area contributed by atoms with Crippen LogP contribution in [0, 0.1) is 6.92 Å². The first-order valence-electron chi connectivity index (χ1n) is 8.12. The van der Waals surface area contributed by atoms with Gasteiger partial charge in [-0.05, 0) is 46.6 Å². The van der Waals surface area contributed by atoms with Crippen molar-refractivity contribution in [1.82, 2.24) is 0 Å². The first-order valence-corrected chi connectivity index (χ1v) is 8.12. The fourth-order valence-electron chi connectivity index (χ4n) is 3.03. The highest BCUT2D eigenvalue weighted by molar-refractivity contribution is 5.64. The molecule has 2 rings (SSSR count). The monoisotopic (exact) mass is 296 g/mol. The molecule has 0 amide bonds. The van der Waals surface area contributed by atoms with E-state index in [1.807, 2.05) is 0 Å². The topological polar surface area (TPSA) is 3.88 Å². The molecule has 1 aromatic heterocycles. The zero-order valence-corrected chi connectivity index (χ0v) is 15.4. The lowest BCUT2D eigenvalue weighted by molar-refractivity contribution is -0.660. The summed E-state index contributed by atoms with van der Waals surface area (Å²) < 4.78 is 2.20. The fourth-order valence-corrected chi connectivity index (χ4v) is 3.03. The van der Waals surface area contributed by atoms with E-state index in [1.165, 1.54) is 27.9 Å². The number of aryl methyl sites for hydroxylation is 2. The lowest BCUT2D eigenvalue weighted by Crippen LogP contribution is -2.30. The molecule has 22 heavy (non-hydrogen) atoms. The maximum Gasteiger partial charge on any atom is 0.212 e. The smallest absolute Gasteiger partial charge is 0.201 e. The van der Waals surface area contributed by atoms with Gasteiger partial charge in [-0.3, -0.25) is 0 Å². The Labute approximate surface area is 136 Å². The molecule has 0 saturated carbocycles. The van der Waals surface area contributed by atoms with Gasteiger partial charge in [-0.25, -0.2) is 4.57 Å². The van der Waals surface area contributed by atoms with E-state index in [1.54, 1.807) is 0 Å². The second kappa shape index (κ2) is 5.53. The van der Waals surface area contributed by atoms with Crippen molar-refractivity contribution in [2.75, 3.05) is 0 Å². The third-order valence-electron chi connectivity index (χ3n) is 4.31. The van der Waals surface area contributed by atoms with Gasteiger partial charge in [-0.2, -0.15) is 0 Å². The van der Waals surface area contributed by atoms with E-state index in [0.717, 1.165) is 0 Å². The van der Waals surface area contributed by atoms with Gasteiger partial charge in [-0.15, -0.1) is 0 Å². The van der Waals surface area contributed by atoms with Gasteiger partial charge in [0.15, 0.2) is 6.20 Å². The molecule has 0 radical (unpaired) electrons. The van der Waals surface area contributed by atoms with Crippen molar-refractivity contribution in [3.05, 3.63) is 53.2 Å². The van der Waals surface area contributed by atoms with Crippen LogP contribution in [0.4, 0.5) is 0 Å². The SMILES string of the molecule is Cc1cc(C(C)(C)C)c(C(C)(C)C)cc1-c1cccc[n+]1C. The summed E-state index contributed by atoms with van der Waals surface area (Å²) in [4.78, 5) is 0. The molecule has 1 heteroatoms. The molecule has 0 unspecified atom stereocenters. The maximum atomic E-state index is 2.41. The van der Waals surface area contributed by atoms with Gasteiger partial charge < -0.3 is 0 Å². The summed E-state index contributed by atoms with van der Waals surface area (Å²) in [6.45, 7) is 16.1. The van der Waals surface area contributed by atoms with Gasteiger partial charge in [0.1, 0.15) is 7.05 Å². The predicted molar refractivity (Wildman–Crippen MR) is 95.2 cm³/mol. The van der Waals surface area contributed by atoms with Crippen LogP contribution in [0.25, 0.3) is 11.3 Å². The van der Waals surface area contributed by atoms with Gasteiger partial charge in [0.2, 0.25) is 5.69 Å². The molecule has 1 heterocycles. The fraction of sp³-hybridized carbons (Fsp3) is 0.476. The Kier molecular flexibility index (Phi) is 4.21. The second-order valence-electron chi connectivity index (χ2n) is 8.41. The Morgan fingerprint density at radius 2 is 1.36 bits per heavy atom. The molecule has 0 spiro atoms. The van der Waals surface area contributed by atoms with Crippen LogP contribution < -0.4 is 4.57 Å². The molecule has 2 aromatic rings. The minimum absolute atomic E-state index is 0.137. The molecule has 118 valence electrons. The first kappa shape index (κ1) is 16.7. The van der Waals surface area contributed by atoms with Crippen LogP contribution >= 0.6 is 0 Å². The van der Waals surface area contributed by atoms with E-state index < -0.39 is 0 Å². The van der Waals surface area contributed by atoms with Crippen molar-refractivity contribution in [2.24, 2.45) is 7.05 Å². The quantitative estimate of drug-likeness (QED) is 0.646. The number of nitrogens with zero attached hydrogens (tertiary/aromatic N) is 1. The second-order valence-corrected chi connectivity index (χ2v) is 8.41. The summed E-state index contributed by atoms with van der Waals surface area (Å²) >= 11 is 0. The van der Waals surface area contributed by atoms with Crippen molar-refractivity contribution in [2.45, 2.75) is 59.3 Å². The van der Waals surface area contributed by atoms with Crippen molar-refractivity contribution in [3.8, 4) is 11.3 Å². The molecule has 0 aliphatic carbocycles. The molecule has 0 aliphatic heterocycles. The molecular weight excluding hydrogens is 266 g/mol. The van der Waals surface area contributed by atoms with E-state index >= 15 is 0 Å². The first-order chi connectivity index (χ1) is 10.0. The minimum atomic E-state index is 0.137. The summed E-state index contributed by atoms with van der Waals surface area (Å²) in [5, 5.41) is 0. The highest BCUT2D eigenvalue weighted by Crippen LogP contribution is 2.37. The van der Waals surface area contributed by atoms with Crippen LogP contribution in [0.2, 0.25) is 0 Å². The number of benzene rings is 1. The van der Waals surface area contributed by atoms with Crippen molar-refractivity contribution >= 4 is 0 Å². The summed E-state index contributed by atoms with van der Waals surface area (Å²) in [5.41, 5.74) is 7.15. The normalized spacial score (nSPS) is 12.5. The standard InChI is InChI=1S/C21H30N/c1-15-13-17(20(2,3)4)18(21(5,6)7)14-16(15)19-11-9-10-12-22(19)8/h9-14H,1-8H3/q+1. The van der Waals surface area contributed by atoms with Crippen LogP contribution in [0.15, 0.2) is 36.5 Å². The highest BCUT2D eigenvalue weighted by atomic mass is 14.9. The predicted octanol–water partition coefficient (Wildman–Crippen LogP) is 5.08. The van der Waals surface area contributed by atoms with E-state index in [9.17, 15) is 0 Å². The summed E-state index contributed by atoms with van der Waals surface area (Å²) in [6.07, 6.45) is 2.11. The molecule has 0 saturated heterocycles. The van der Waals surface area contributed by atoms with Gasteiger partial charge >= 0.3 is 0 Å². The molecule has 1 aromatic carbocycles. The lowest BCUT2D eigenvalue weighted by atomic mass is 9.73. The third kappa shape index (κ3) is 3.24. The minimum Gasteiger partial charge on any atom is -0.201 e. The van der Waals surface area contributed by atoms with Gasteiger partial charge in [-0.1, -0.05) is 47.6 Å². The van der Waals surface area contributed by atoms with E-state index in [4.69, 9.17) is 0 Å². The number of hydrogen-bond donors (Lipinski definition) is 0. The molecule has 0 atom stereocenters. The van der Waals surface area contributed by atoms with Crippen LogP contribution in [0.5, 0.6) is 0 Å². The Bertz CT molecular complexity index is 682. The van der Waals surface area contributed by atoms with Crippen LogP contribution in [0.3, 0.4) is 0 Å². The number of pyridine rings is 1. The summed E-state index contributed by atoms with van der Waals surface area (Å²) in [6, 6.07) is 11.2. The summed E-state index contributed by atoms with van der Waals surface area (Å²) in [7, 11) is 2.11. The van der Waals surface area contributed by atoms with Crippen LogP contribution in [-0.4, -0.2) is 0 Å². The van der Waals surface area contributed by atoms with Crippen molar-refractivity contribution in [3.63, 3.8) is 0 Å². The number of aromatic nitrogens is 1. The average molecular weight is 296 g/mol. The molecule has 0 aliphatic rings. The summed E-state index contributed by atoms with van der Waals surface area (Å²) in [5.74, 6) is 0. The Balaban J connectivity index is 2.77. The average Bonchev–Trinajstić information content (AvgIpc) is 2.37. The van der Waals surface area contributed by atoms with Crippen molar-refractivity contribution < 1.29 is 4.57 Å². The molecular formula is C21H30N+. The number of hydrogen-bond acceptors (Lipinski definition) is 0. The van der Waals surface area contributed by atoms with Gasteiger partial charge in [0.25, 0.3) is 0 Å². The van der Waals surface area contributed by atoms with E-state index in [0.29, 0.717) is 0 Å². The van der Waals surface area contributed by atoms with E-state index in [2.05, 4.69) is 96.6 Å². The third-order valence-corrected chi connectivity index (χ3v) is 4.31. The van der Waals surface area contributed by atoms with E-state index in [-0.39, 0.29) is 10.8 Å². The van der Waals surface area contributed by atoms with Gasteiger partial charge in [0.05, 0.1) is 0 Å². The Hall–Kier alpha value is -1.63. The largest absolute Gasteiger partial charge is 0.212 e. The van der Waals surface area contributed by atoms with Crippen LogP contribution in [-0.2, 0) is 17.9 Å². The maximum absolute atomic E-state index is 2.41. The van der Waals surface area contributed by atoms with Gasteiger partial charge in [0, 0.05) is 17.7 Å². The zero-order valence-electron chi connectivity index (χ0n) is 15.4. The molecule has 0 fully saturated rings.